The van der Waals surface area contributed by atoms with Gasteiger partial charge in [-0.15, -0.1) is 12.3 Å². The van der Waals surface area contributed by atoms with Crippen LogP contribution in [0.15, 0.2) is 12.3 Å². The van der Waals surface area contributed by atoms with Crippen LogP contribution >= 0.6 is 0 Å². The first kappa shape index (κ1) is 13.4. The monoisotopic (exact) mass is 250 g/mol. The fourth-order valence-electron chi connectivity index (χ4n) is 4.67. The molecule has 0 aliphatic heterocycles. The van der Waals surface area contributed by atoms with E-state index in [1.807, 2.05) is 0 Å². The predicted molar refractivity (Wildman–Crippen MR) is 80.1 cm³/mol. The van der Waals surface area contributed by atoms with Crippen molar-refractivity contribution in [2.24, 2.45) is 0 Å². The lowest BCUT2D eigenvalue weighted by Gasteiger charge is -2.45. The molecule has 0 aromatic heterocycles. The quantitative estimate of drug-likeness (QED) is 0.549. The molecule has 0 saturated heterocycles. The van der Waals surface area contributed by atoms with E-state index in [4.69, 9.17) is 0 Å². The molecule has 0 amide bonds. The van der Waals surface area contributed by atoms with Crippen LogP contribution in [-0.4, -0.2) is 8.07 Å². The van der Waals surface area contributed by atoms with Gasteiger partial charge in [0.05, 0.1) is 8.07 Å². The van der Waals surface area contributed by atoms with E-state index >= 15 is 0 Å². The van der Waals surface area contributed by atoms with Gasteiger partial charge in [-0.3, -0.25) is 0 Å². The van der Waals surface area contributed by atoms with Crippen LogP contribution in [0.4, 0.5) is 0 Å². The summed E-state index contributed by atoms with van der Waals surface area (Å²) in [4.78, 5) is 0. The molecule has 0 spiro atoms. The van der Waals surface area contributed by atoms with Crippen LogP contribution in [-0.2, 0) is 0 Å². The first-order chi connectivity index (χ1) is 8.33. The fraction of sp³-hybridized carbons (Fsp3) is 0.875. The van der Waals surface area contributed by atoms with Gasteiger partial charge >= 0.3 is 0 Å². The average Bonchev–Trinajstić information content (AvgIpc) is 2.43. The second-order valence-corrected chi connectivity index (χ2v) is 11.3. The lowest BCUT2D eigenvalue weighted by Crippen LogP contribution is -2.44. The minimum atomic E-state index is -1.18. The van der Waals surface area contributed by atoms with Gasteiger partial charge in [0.1, 0.15) is 0 Å². The van der Waals surface area contributed by atoms with E-state index in [9.17, 15) is 0 Å². The Morgan fingerprint density at radius 3 is 1.59 bits per heavy atom. The second-order valence-electron chi connectivity index (χ2n) is 6.34. The van der Waals surface area contributed by atoms with Gasteiger partial charge in [-0.25, -0.2) is 0 Å². The van der Waals surface area contributed by atoms with Gasteiger partial charge in [0.25, 0.3) is 0 Å². The standard InChI is InChI=1S/C16H30Si/c1-3-17(4-2,15-11-7-5-8-12-15)16-13-9-6-10-14-16/h3,15-16H,1,4-14H2,2H3. The first-order valence-corrected chi connectivity index (χ1v) is 10.4. The molecule has 0 bridgehead atoms. The Bertz CT molecular complexity index is 216. The summed E-state index contributed by atoms with van der Waals surface area (Å²) in [7, 11) is -1.18. The van der Waals surface area contributed by atoms with E-state index in [-0.39, 0.29) is 0 Å². The van der Waals surface area contributed by atoms with Crippen molar-refractivity contribution in [1.29, 1.82) is 0 Å². The molecule has 0 nitrogen and oxygen atoms in total. The Morgan fingerprint density at radius 1 is 0.882 bits per heavy atom. The SMILES string of the molecule is C=C[Si](CC)(C1CCCCC1)C1CCCCC1. The van der Waals surface area contributed by atoms with Crippen molar-refractivity contribution in [2.45, 2.75) is 88.3 Å². The third kappa shape index (κ3) is 2.70. The molecule has 2 aliphatic carbocycles. The second kappa shape index (κ2) is 6.22. The van der Waals surface area contributed by atoms with Gasteiger partial charge in [0.15, 0.2) is 0 Å². The molecule has 0 unspecified atom stereocenters. The summed E-state index contributed by atoms with van der Waals surface area (Å²) >= 11 is 0. The molecule has 1 heteroatoms. The molecule has 0 atom stereocenters. The molecule has 0 radical (unpaired) electrons. The molecule has 0 N–H and O–H groups in total. The minimum Gasteiger partial charge on any atom is -0.107 e. The summed E-state index contributed by atoms with van der Waals surface area (Å²) in [6, 6.07) is 1.46. The molecular formula is C16H30Si. The largest absolute Gasteiger partial charge is 0.107 e. The smallest absolute Gasteiger partial charge is 0.0829 e. The zero-order valence-electron chi connectivity index (χ0n) is 11.7. The van der Waals surface area contributed by atoms with Gasteiger partial charge < -0.3 is 0 Å². The summed E-state index contributed by atoms with van der Waals surface area (Å²) in [6.45, 7) is 6.79. The van der Waals surface area contributed by atoms with Crippen LogP contribution in [0.25, 0.3) is 0 Å². The summed E-state index contributed by atoms with van der Waals surface area (Å²) in [5.41, 5.74) is 4.68. The van der Waals surface area contributed by atoms with E-state index in [0.717, 1.165) is 11.1 Å². The first-order valence-electron chi connectivity index (χ1n) is 7.97. The van der Waals surface area contributed by atoms with Crippen molar-refractivity contribution in [3.63, 3.8) is 0 Å². The predicted octanol–water partition coefficient (Wildman–Crippen LogP) is 5.85. The van der Waals surface area contributed by atoms with E-state index in [1.165, 1.54) is 70.3 Å². The van der Waals surface area contributed by atoms with Gasteiger partial charge in [-0.05, 0) is 11.1 Å². The molecule has 2 fully saturated rings. The lowest BCUT2D eigenvalue weighted by molar-refractivity contribution is 0.454. The highest BCUT2D eigenvalue weighted by atomic mass is 28.3. The van der Waals surface area contributed by atoms with Crippen molar-refractivity contribution < 1.29 is 0 Å². The van der Waals surface area contributed by atoms with Crippen LogP contribution in [0, 0.1) is 0 Å². The molecular weight excluding hydrogens is 220 g/mol. The Kier molecular flexibility index (Phi) is 4.90. The number of hydrogen-bond acceptors (Lipinski definition) is 0. The van der Waals surface area contributed by atoms with Crippen LogP contribution < -0.4 is 0 Å². The molecule has 0 aromatic rings. The van der Waals surface area contributed by atoms with Crippen molar-refractivity contribution in [3.8, 4) is 0 Å². The van der Waals surface area contributed by atoms with Gasteiger partial charge in [-0.2, -0.15) is 0 Å². The van der Waals surface area contributed by atoms with Gasteiger partial charge in [0, 0.05) is 0 Å². The third-order valence-corrected chi connectivity index (χ3v) is 11.9. The minimum absolute atomic E-state index is 1.09. The van der Waals surface area contributed by atoms with Crippen LogP contribution in [0.2, 0.25) is 17.1 Å². The highest BCUT2D eigenvalue weighted by molar-refractivity contribution is 6.87. The van der Waals surface area contributed by atoms with Crippen molar-refractivity contribution in [3.05, 3.63) is 12.3 Å². The van der Waals surface area contributed by atoms with E-state index < -0.39 is 8.07 Å². The van der Waals surface area contributed by atoms with Crippen molar-refractivity contribution in [2.75, 3.05) is 0 Å². The molecule has 17 heavy (non-hydrogen) atoms. The van der Waals surface area contributed by atoms with E-state index in [2.05, 4.69) is 19.2 Å². The van der Waals surface area contributed by atoms with E-state index in [1.54, 1.807) is 0 Å². The van der Waals surface area contributed by atoms with Crippen molar-refractivity contribution in [1.82, 2.24) is 0 Å². The maximum Gasteiger partial charge on any atom is 0.0829 e. The number of rotatable bonds is 4. The van der Waals surface area contributed by atoms with Crippen LogP contribution in [0.5, 0.6) is 0 Å². The Balaban J connectivity index is 2.13. The molecule has 98 valence electrons. The number of hydrogen-bond donors (Lipinski definition) is 0. The van der Waals surface area contributed by atoms with E-state index in [0.29, 0.717) is 0 Å². The third-order valence-electron chi connectivity index (χ3n) is 5.72. The van der Waals surface area contributed by atoms with Crippen LogP contribution in [0.3, 0.4) is 0 Å². The highest BCUT2D eigenvalue weighted by Crippen LogP contribution is 2.50. The Labute approximate surface area is 109 Å². The zero-order valence-corrected chi connectivity index (χ0v) is 12.7. The maximum atomic E-state index is 4.32. The van der Waals surface area contributed by atoms with Crippen molar-refractivity contribution >= 4 is 8.07 Å². The van der Waals surface area contributed by atoms with Gasteiger partial charge in [-0.1, -0.05) is 77.2 Å². The van der Waals surface area contributed by atoms with Gasteiger partial charge in [0.2, 0.25) is 0 Å². The molecule has 0 heterocycles. The summed E-state index contributed by atoms with van der Waals surface area (Å²) in [5, 5.41) is 0. The molecule has 0 aromatic carbocycles. The molecule has 2 saturated carbocycles. The fourth-order valence-corrected chi connectivity index (χ4v) is 10.4. The topological polar surface area (TPSA) is 0 Å². The zero-order chi connectivity index (χ0) is 12.1. The Hall–Kier alpha value is -0.0431. The van der Waals surface area contributed by atoms with Crippen LogP contribution in [0.1, 0.15) is 71.1 Å². The Morgan fingerprint density at radius 2 is 1.29 bits per heavy atom. The maximum absolute atomic E-state index is 4.32. The normalized spacial score (nSPS) is 24.8. The molecule has 2 rings (SSSR count). The molecule has 2 aliphatic rings. The highest BCUT2D eigenvalue weighted by Gasteiger charge is 2.43. The summed E-state index contributed by atoms with van der Waals surface area (Å²) < 4.78 is 0. The average molecular weight is 251 g/mol. The summed E-state index contributed by atoms with van der Waals surface area (Å²) in [6.07, 6.45) is 15.1. The summed E-state index contributed by atoms with van der Waals surface area (Å²) in [5.74, 6) is 0. The lowest BCUT2D eigenvalue weighted by atomic mass is 9.99.